The van der Waals surface area contributed by atoms with Crippen LogP contribution in [0, 0.1) is 12.8 Å². The number of rotatable bonds is 5. The van der Waals surface area contributed by atoms with Gasteiger partial charge in [0, 0.05) is 19.8 Å². The molecule has 0 amide bonds. The Morgan fingerprint density at radius 2 is 2.39 bits per heavy atom. The van der Waals surface area contributed by atoms with E-state index in [2.05, 4.69) is 5.32 Å². The number of benzene rings is 1. The molecule has 2 rings (SSSR count). The quantitative estimate of drug-likeness (QED) is 0.842. The Kier molecular flexibility index (Phi) is 4.20. The Morgan fingerprint density at radius 1 is 1.56 bits per heavy atom. The second kappa shape index (κ2) is 5.87. The molecule has 0 saturated carbocycles. The van der Waals surface area contributed by atoms with Crippen LogP contribution in [0.1, 0.15) is 28.8 Å². The third kappa shape index (κ3) is 3.01. The van der Waals surface area contributed by atoms with Crippen molar-refractivity contribution in [1.82, 2.24) is 0 Å². The van der Waals surface area contributed by atoms with E-state index < -0.39 is 5.97 Å². The third-order valence-electron chi connectivity index (χ3n) is 3.38. The first kappa shape index (κ1) is 12.9. The number of carbonyl (C=O) groups is 1. The standard InChI is InChI=1S/C14H19NO3/c1-10-3-2-4-12(14(16)17)13(10)15-7-5-11-6-8-18-9-11/h2-4,11,15H,5-9H2,1H3,(H,16,17). The van der Waals surface area contributed by atoms with Gasteiger partial charge in [0.2, 0.25) is 0 Å². The van der Waals surface area contributed by atoms with E-state index in [1.165, 1.54) is 0 Å². The summed E-state index contributed by atoms with van der Waals surface area (Å²) >= 11 is 0. The fourth-order valence-corrected chi connectivity index (χ4v) is 2.29. The van der Waals surface area contributed by atoms with Gasteiger partial charge in [-0.1, -0.05) is 12.1 Å². The van der Waals surface area contributed by atoms with E-state index in [-0.39, 0.29) is 0 Å². The fourth-order valence-electron chi connectivity index (χ4n) is 2.29. The van der Waals surface area contributed by atoms with Crippen molar-refractivity contribution in [1.29, 1.82) is 0 Å². The lowest BCUT2D eigenvalue weighted by atomic mass is 10.0. The number of carboxylic acid groups (broad SMARTS) is 1. The molecule has 1 aliphatic rings. The van der Waals surface area contributed by atoms with Crippen LogP contribution in [0.5, 0.6) is 0 Å². The summed E-state index contributed by atoms with van der Waals surface area (Å²) in [7, 11) is 0. The topological polar surface area (TPSA) is 58.6 Å². The van der Waals surface area contributed by atoms with Crippen molar-refractivity contribution in [2.75, 3.05) is 25.1 Å². The monoisotopic (exact) mass is 249 g/mol. The van der Waals surface area contributed by atoms with Gasteiger partial charge in [-0.15, -0.1) is 0 Å². The Bertz CT molecular complexity index is 425. The number of aromatic carboxylic acids is 1. The molecule has 1 atom stereocenters. The van der Waals surface area contributed by atoms with Crippen molar-refractivity contribution in [2.24, 2.45) is 5.92 Å². The number of aryl methyl sites for hydroxylation is 1. The summed E-state index contributed by atoms with van der Waals surface area (Å²) in [4.78, 5) is 11.1. The van der Waals surface area contributed by atoms with Crippen molar-refractivity contribution in [3.05, 3.63) is 29.3 Å². The summed E-state index contributed by atoms with van der Waals surface area (Å²) in [5.74, 6) is -0.278. The van der Waals surface area contributed by atoms with Crippen LogP contribution in [0.25, 0.3) is 0 Å². The highest BCUT2D eigenvalue weighted by Crippen LogP contribution is 2.22. The molecule has 0 radical (unpaired) electrons. The Labute approximate surface area is 107 Å². The van der Waals surface area contributed by atoms with Crippen LogP contribution in [0.2, 0.25) is 0 Å². The molecule has 1 heterocycles. The van der Waals surface area contributed by atoms with Gasteiger partial charge in [0.25, 0.3) is 0 Å². The molecule has 1 aromatic carbocycles. The molecule has 2 N–H and O–H groups in total. The Hall–Kier alpha value is -1.55. The SMILES string of the molecule is Cc1cccc(C(=O)O)c1NCCC1CCOC1. The molecule has 0 aliphatic carbocycles. The van der Waals surface area contributed by atoms with Crippen LogP contribution >= 0.6 is 0 Å². The van der Waals surface area contributed by atoms with Crippen molar-refractivity contribution in [3.63, 3.8) is 0 Å². The molecule has 18 heavy (non-hydrogen) atoms. The van der Waals surface area contributed by atoms with Gasteiger partial charge in [-0.25, -0.2) is 4.79 Å². The average molecular weight is 249 g/mol. The van der Waals surface area contributed by atoms with E-state index in [1.54, 1.807) is 12.1 Å². The third-order valence-corrected chi connectivity index (χ3v) is 3.38. The predicted molar refractivity (Wildman–Crippen MR) is 70.2 cm³/mol. The van der Waals surface area contributed by atoms with Gasteiger partial charge in [-0.2, -0.15) is 0 Å². The zero-order valence-corrected chi connectivity index (χ0v) is 10.6. The number of hydrogen-bond donors (Lipinski definition) is 2. The van der Waals surface area contributed by atoms with Crippen molar-refractivity contribution in [2.45, 2.75) is 19.8 Å². The Balaban J connectivity index is 1.97. The van der Waals surface area contributed by atoms with Crippen LogP contribution < -0.4 is 5.32 Å². The highest BCUT2D eigenvalue weighted by atomic mass is 16.5. The largest absolute Gasteiger partial charge is 0.478 e. The maximum Gasteiger partial charge on any atom is 0.337 e. The van der Waals surface area contributed by atoms with Crippen LogP contribution in [0.4, 0.5) is 5.69 Å². The van der Waals surface area contributed by atoms with Gasteiger partial charge >= 0.3 is 5.97 Å². The maximum atomic E-state index is 11.1. The molecule has 4 nitrogen and oxygen atoms in total. The normalized spacial score (nSPS) is 18.8. The number of hydrogen-bond acceptors (Lipinski definition) is 3. The molecular weight excluding hydrogens is 230 g/mol. The van der Waals surface area contributed by atoms with E-state index in [0.717, 1.165) is 43.9 Å². The van der Waals surface area contributed by atoms with Gasteiger partial charge in [-0.05, 0) is 37.3 Å². The van der Waals surface area contributed by atoms with Crippen molar-refractivity contribution >= 4 is 11.7 Å². The molecule has 0 aromatic heterocycles. The van der Waals surface area contributed by atoms with Crippen molar-refractivity contribution in [3.8, 4) is 0 Å². The molecule has 1 unspecified atom stereocenters. The van der Waals surface area contributed by atoms with Crippen LogP contribution in [0.3, 0.4) is 0 Å². The lowest BCUT2D eigenvalue weighted by Crippen LogP contribution is -2.12. The van der Waals surface area contributed by atoms with E-state index in [9.17, 15) is 4.79 Å². The molecule has 1 saturated heterocycles. The fraction of sp³-hybridized carbons (Fsp3) is 0.500. The van der Waals surface area contributed by atoms with Crippen molar-refractivity contribution < 1.29 is 14.6 Å². The van der Waals surface area contributed by atoms with Gasteiger partial charge in [0.05, 0.1) is 11.3 Å². The first-order valence-corrected chi connectivity index (χ1v) is 6.33. The number of para-hydroxylation sites is 1. The van der Waals surface area contributed by atoms with Gasteiger partial charge < -0.3 is 15.2 Å². The summed E-state index contributed by atoms with van der Waals surface area (Å²) in [6, 6.07) is 5.33. The molecule has 1 aromatic rings. The lowest BCUT2D eigenvalue weighted by molar-refractivity contribution is 0.0698. The smallest absolute Gasteiger partial charge is 0.337 e. The summed E-state index contributed by atoms with van der Waals surface area (Å²) in [6.45, 7) is 4.41. The van der Waals surface area contributed by atoms with E-state index >= 15 is 0 Å². The molecule has 0 spiro atoms. The molecule has 1 fully saturated rings. The number of carboxylic acids is 1. The second-order valence-corrected chi connectivity index (χ2v) is 4.75. The molecule has 98 valence electrons. The minimum absolute atomic E-state index is 0.345. The highest BCUT2D eigenvalue weighted by Gasteiger charge is 2.16. The van der Waals surface area contributed by atoms with E-state index in [0.29, 0.717) is 11.5 Å². The number of ether oxygens (including phenoxy) is 1. The number of nitrogens with one attached hydrogen (secondary N) is 1. The predicted octanol–water partition coefficient (Wildman–Crippen LogP) is 2.53. The zero-order chi connectivity index (χ0) is 13.0. The van der Waals surface area contributed by atoms with Gasteiger partial charge in [0.1, 0.15) is 0 Å². The number of anilines is 1. The molecular formula is C14H19NO3. The first-order valence-electron chi connectivity index (χ1n) is 6.33. The summed E-state index contributed by atoms with van der Waals surface area (Å²) < 4.78 is 5.32. The minimum atomic E-state index is -0.884. The summed E-state index contributed by atoms with van der Waals surface area (Å²) in [5.41, 5.74) is 2.05. The first-order chi connectivity index (χ1) is 8.68. The minimum Gasteiger partial charge on any atom is -0.478 e. The maximum absolute atomic E-state index is 11.1. The van der Waals surface area contributed by atoms with Gasteiger partial charge in [-0.3, -0.25) is 0 Å². The Morgan fingerprint density at radius 3 is 3.06 bits per heavy atom. The second-order valence-electron chi connectivity index (χ2n) is 4.75. The van der Waals surface area contributed by atoms with Gasteiger partial charge in [0.15, 0.2) is 0 Å². The molecule has 0 bridgehead atoms. The zero-order valence-electron chi connectivity index (χ0n) is 10.6. The summed E-state index contributed by atoms with van der Waals surface area (Å²) in [5, 5.41) is 12.4. The van der Waals surface area contributed by atoms with E-state index in [1.807, 2.05) is 13.0 Å². The van der Waals surface area contributed by atoms with E-state index in [4.69, 9.17) is 9.84 Å². The highest BCUT2D eigenvalue weighted by molar-refractivity contribution is 5.95. The lowest BCUT2D eigenvalue weighted by Gasteiger charge is -2.14. The summed E-state index contributed by atoms with van der Waals surface area (Å²) in [6.07, 6.45) is 2.13. The van der Waals surface area contributed by atoms with Crippen LogP contribution in [-0.4, -0.2) is 30.8 Å². The van der Waals surface area contributed by atoms with Crippen LogP contribution in [-0.2, 0) is 4.74 Å². The molecule has 1 aliphatic heterocycles. The molecule has 4 heteroatoms. The average Bonchev–Trinajstić information content (AvgIpc) is 2.84. The van der Waals surface area contributed by atoms with Crippen LogP contribution in [0.15, 0.2) is 18.2 Å².